The van der Waals surface area contributed by atoms with Gasteiger partial charge in [-0.2, -0.15) is 0 Å². The van der Waals surface area contributed by atoms with E-state index in [1.54, 1.807) is 12.4 Å². The van der Waals surface area contributed by atoms with E-state index in [1.807, 2.05) is 61.2 Å². The van der Waals surface area contributed by atoms with Crippen LogP contribution in [0.1, 0.15) is 22.3 Å². The van der Waals surface area contributed by atoms with Crippen LogP contribution in [0.2, 0.25) is 0 Å². The molecule has 0 radical (unpaired) electrons. The topological polar surface area (TPSA) is 63.9 Å². The minimum absolute atomic E-state index is 0.592. The van der Waals surface area contributed by atoms with Gasteiger partial charge >= 0.3 is 0 Å². The molecule has 0 atom stereocenters. The lowest BCUT2D eigenvalue weighted by Crippen LogP contribution is -2.09. The van der Waals surface area contributed by atoms with E-state index in [-0.39, 0.29) is 0 Å². The van der Waals surface area contributed by atoms with E-state index in [0.717, 1.165) is 67.2 Å². The zero-order valence-corrected chi connectivity index (χ0v) is 36.6. The van der Waals surface area contributed by atoms with Crippen LogP contribution >= 0.6 is 0 Å². The molecule has 11 aromatic rings. The highest BCUT2D eigenvalue weighted by molar-refractivity contribution is 6.22. The molecular formula is C62H39N5. The molecule has 0 bridgehead atoms. The van der Waals surface area contributed by atoms with Gasteiger partial charge in [0.05, 0.1) is 22.8 Å². The van der Waals surface area contributed by atoms with Crippen molar-refractivity contribution in [1.29, 1.82) is 0 Å². The number of nitrogens with zero attached hydrogens (tertiary/aromatic N) is 5. The highest BCUT2D eigenvalue weighted by atomic mass is 14.8. The number of fused-ring (bicyclic) bond motifs is 6. The molecule has 0 saturated carbocycles. The molecule has 0 N–H and O–H groups in total. The van der Waals surface area contributed by atoms with Crippen molar-refractivity contribution in [1.82, 2.24) is 19.9 Å². The first-order valence-corrected chi connectivity index (χ1v) is 22.6. The Bertz CT molecular complexity index is 3800. The van der Waals surface area contributed by atoms with Crippen molar-refractivity contribution < 1.29 is 0 Å². The van der Waals surface area contributed by atoms with Crippen molar-refractivity contribution in [2.24, 2.45) is 4.99 Å². The summed E-state index contributed by atoms with van der Waals surface area (Å²) in [5, 5.41) is 5.01. The number of benzene rings is 7. The van der Waals surface area contributed by atoms with Crippen LogP contribution in [0.15, 0.2) is 219 Å². The maximum atomic E-state index is 5.50. The molecule has 2 aliphatic rings. The Kier molecular flexibility index (Phi) is 8.83. The summed E-state index contributed by atoms with van der Waals surface area (Å²) in [7, 11) is 0. The lowest BCUT2D eigenvalue weighted by atomic mass is 9.84. The van der Waals surface area contributed by atoms with Gasteiger partial charge in [0.2, 0.25) is 0 Å². The van der Waals surface area contributed by atoms with Gasteiger partial charge < -0.3 is 0 Å². The Morgan fingerprint density at radius 3 is 1.42 bits per heavy atom. The normalized spacial score (nSPS) is 12.1. The summed E-state index contributed by atoms with van der Waals surface area (Å²) in [6, 6.07) is 61.1. The van der Waals surface area contributed by atoms with E-state index in [2.05, 4.69) is 157 Å². The molecule has 0 fully saturated rings. The number of aliphatic imine (C=N–C) groups is 1. The lowest BCUT2D eigenvalue weighted by molar-refractivity contribution is 1.26. The molecule has 0 unspecified atom stereocenters. The van der Waals surface area contributed by atoms with Crippen molar-refractivity contribution >= 4 is 33.0 Å². The molecule has 4 heterocycles. The van der Waals surface area contributed by atoms with Crippen LogP contribution < -0.4 is 0 Å². The van der Waals surface area contributed by atoms with Crippen molar-refractivity contribution in [2.75, 3.05) is 0 Å². The molecule has 0 saturated heterocycles. The quantitative estimate of drug-likeness (QED) is 0.143. The highest BCUT2D eigenvalue weighted by Gasteiger charge is 2.26. The Morgan fingerprint density at radius 2 is 0.896 bits per heavy atom. The zero-order chi connectivity index (χ0) is 44.6. The van der Waals surface area contributed by atoms with Crippen LogP contribution in [0.25, 0.3) is 117 Å². The molecule has 7 aromatic carbocycles. The average Bonchev–Trinajstić information content (AvgIpc) is 3.91. The largest absolute Gasteiger partial charge is 0.264 e. The fourth-order valence-corrected chi connectivity index (χ4v) is 10.4. The van der Waals surface area contributed by atoms with Gasteiger partial charge in [-0.15, -0.1) is 0 Å². The summed E-state index contributed by atoms with van der Waals surface area (Å²) < 4.78 is 0. The Hall–Kier alpha value is -8.93. The average molecular weight is 854 g/mol. The predicted octanol–water partition coefficient (Wildman–Crippen LogP) is 15.4. The Labute approximate surface area is 388 Å². The van der Waals surface area contributed by atoms with E-state index < -0.39 is 0 Å². The van der Waals surface area contributed by atoms with Crippen LogP contribution in [0.3, 0.4) is 0 Å². The summed E-state index contributed by atoms with van der Waals surface area (Å²) in [6.45, 7) is 6.81. The van der Waals surface area contributed by atoms with Gasteiger partial charge in [-0.25, -0.2) is 4.99 Å². The minimum atomic E-state index is 0.592. The Balaban J connectivity index is 1.05. The molecule has 0 aliphatic heterocycles. The molecule has 67 heavy (non-hydrogen) atoms. The van der Waals surface area contributed by atoms with E-state index in [4.69, 9.17) is 15.0 Å². The van der Waals surface area contributed by atoms with Crippen LogP contribution in [0.5, 0.6) is 0 Å². The van der Waals surface area contributed by atoms with E-state index in [0.29, 0.717) is 5.70 Å². The number of aromatic nitrogens is 4. The monoisotopic (exact) mass is 853 g/mol. The van der Waals surface area contributed by atoms with E-state index in [1.165, 1.54) is 71.6 Å². The molecule has 0 spiro atoms. The van der Waals surface area contributed by atoms with Gasteiger partial charge in [-0.3, -0.25) is 19.9 Å². The molecular weight excluding hydrogens is 815 g/mol. The molecule has 0 amide bonds. The van der Waals surface area contributed by atoms with E-state index in [9.17, 15) is 0 Å². The van der Waals surface area contributed by atoms with Gasteiger partial charge in [0.15, 0.2) is 0 Å². The van der Waals surface area contributed by atoms with Crippen LogP contribution in [-0.2, 0) is 0 Å². The fraction of sp³-hybridized carbons (Fsp3) is 0.0161. The Morgan fingerprint density at radius 1 is 0.403 bits per heavy atom. The number of rotatable bonds is 8. The van der Waals surface area contributed by atoms with Gasteiger partial charge in [-0.1, -0.05) is 116 Å². The molecule has 5 heteroatoms. The number of pyridine rings is 4. The molecule has 2 aliphatic carbocycles. The first-order chi connectivity index (χ1) is 33.1. The third-order valence-electron chi connectivity index (χ3n) is 13.7. The fourth-order valence-electron chi connectivity index (χ4n) is 10.4. The van der Waals surface area contributed by atoms with Crippen molar-refractivity contribution in [3.05, 3.63) is 236 Å². The van der Waals surface area contributed by atoms with Crippen molar-refractivity contribution in [2.45, 2.75) is 6.92 Å². The third kappa shape index (κ3) is 6.20. The van der Waals surface area contributed by atoms with E-state index >= 15 is 0 Å². The summed E-state index contributed by atoms with van der Waals surface area (Å²) in [4.78, 5) is 24.0. The standard InChI is InChI=1S/C62H39N5/c1-37-56(49-24-26-55-48-16-6-4-14-46(48)52-19-8-20-53(49)61(52)55)31-43(44-23-25-54-47-15-5-3-13-45(47)51-18-7-17-50(44)60(51)54)32-57(37)62(42-22-28-59(66-36-42)41-12-10-30-64-34-41)67-38(2)39-21-27-58(65-35-39)40-11-9-29-63-33-40/h3-36H,2H2,1H3/b67-62-. The third-order valence-corrected chi connectivity index (χ3v) is 13.7. The summed E-state index contributed by atoms with van der Waals surface area (Å²) in [5.74, 6) is 0. The van der Waals surface area contributed by atoms with Crippen molar-refractivity contribution in [3.8, 4) is 89.3 Å². The van der Waals surface area contributed by atoms with Crippen LogP contribution in [0, 0.1) is 6.92 Å². The van der Waals surface area contributed by atoms with Crippen LogP contribution in [0.4, 0.5) is 0 Å². The first kappa shape index (κ1) is 38.5. The van der Waals surface area contributed by atoms with Gasteiger partial charge in [0.1, 0.15) is 0 Å². The smallest absolute Gasteiger partial charge is 0.0800 e. The second-order valence-corrected chi connectivity index (χ2v) is 17.3. The van der Waals surface area contributed by atoms with Gasteiger partial charge in [-0.05, 0) is 161 Å². The van der Waals surface area contributed by atoms with Crippen LogP contribution in [-0.4, -0.2) is 25.6 Å². The molecule has 312 valence electrons. The minimum Gasteiger partial charge on any atom is -0.264 e. The summed E-state index contributed by atoms with van der Waals surface area (Å²) >= 11 is 0. The summed E-state index contributed by atoms with van der Waals surface area (Å²) in [5.41, 5.74) is 23.4. The first-order valence-electron chi connectivity index (χ1n) is 22.6. The second-order valence-electron chi connectivity index (χ2n) is 17.3. The van der Waals surface area contributed by atoms with Crippen molar-refractivity contribution in [3.63, 3.8) is 0 Å². The second kappa shape index (κ2) is 15.4. The molecule has 5 nitrogen and oxygen atoms in total. The predicted molar refractivity (Wildman–Crippen MR) is 276 cm³/mol. The highest BCUT2D eigenvalue weighted by Crippen LogP contribution is 2.52. The zero-order valence-electron chi connectivity index (χ0n) is 36.6. The number of hydrogen-bond acceptors (Lipinski definition) is 5. The lowest BCUT2D eigenvalue weighted by Gasteiger charge is -2.20. The molecule has 13 rings (SSSR count). The summed E-state index contributed by atoms with van der Waals surface area (Å²) in [6.07, 6.45) is 11.0. The van der Waals surface area contributed by atoms with Gasteiger partial charge in [0, 0.05) is 65.0 Å². The SMILES string of the molecule is C=C(/N=C(/c1ccc(-c2cccnc2)nc1)c1cc(-c2ccc3c4c(cccc24)-c2ccccc2-3)cc(-c2ccc3c4c(cccc24)-c2ccccc2-3)c1C)c1ccc(-c2cccnc2)nc1. The maximum absolute atomic E-state index is 5.50. The van der Waals surface area contributed by atoms with Gasteiger partial charge in [0.25, 0.3) is 0 Å². The molecule has 4 aromatic heterocycles. The maximum Gasteiger partial charge on any atom is 0.0800 e. The number of hydrogen-bond donors (Lipinski definition) is 0.